The lowest BCUT2D eigenvalue weighted by Crippen LogP contribution is -2.32. The number of methoxy groups -OCH3 is 1. The molecule has 2 rings (SSSR count). The van der Waals surface area contributed by atoms with Gasteiger partial charge in [-0.2, -0.15) is 0 Å². The molecule has 1 aromatic heterocycles. The number of hydrogen-bond donors (Lipinski definition) is 0. The first-order valence-corrected chi connectivity index (χ1v) is 5.91. The minimum absolute atomic E-state index is 0.163. The molecule has 0 saturated heterocycles. The number of nitrogens with zero attached hydrogens (tertiary/aromatic N) is 2. The van der Waals surface area contributed by atoms with Gasteiger partial charge in [0.05, 0.1) is 18.4 Å². The van der Waals surface area contributed by atoms with Crippen LogP contribution in [-0.4, -0.2) is 30.2 Å². The fraction of sp³-hybridized carbons (Fsp3) is 0.357. The van der Waals surface area contributed by atoms with Crippen molar-refractivity contribution in [2.75, 3.05) is 14.2 Å². The molecule has 5 nitrogen and oxygen atoms in total. The zero-order valence-electron chi connectivity index (χ0n) is 11.7. The standard InChI is InChI=1S/C14H16N2O3/c1-7-6-9(17)16(4)12-10(7)13(18)11(15-3)8(2)14(12)19-5/h6H,1-5H3. The lowest BCUT2D eigenvalue weighted by atomic mass is 9.89. The van der Waals surface area contributed by atoms with E-state index in [1.165, 1.54) is 17.7 Å². The molecule has 1 aliphatic rings. The van der Waals surface area contributed by atoms with E-state index < -0.39 is 0 Å². The van der Waals surface area contributed by atoms with Gasteiger partial charge in [0.1, 0.15) is 11.5 Å². The summed E-state index contributed by atoms with van der Waals surface area (Å²) in [4.78, 5) is 28.4. The summed E-state index contributed by atoms with van der Waals surface area (Å²) in [5.74, 6) is 0.363. The molecular weight excluding hydrogens is 244 g/mol. The number of pyridine rings is 1. The summed E-state index contributed by atoms with van der Waals surface area (Å²) in [6.45, 7) is 3.52. The molecule has 0 spiro atoms. The van der Waals surface area contributed by atoms with Crippen molar-refractivity contribution in [2.45, 2.75) is 13.8 Å². The maximum Gasteiger partial charge on any atom is 0.251 e. The van der Waals surface area contributed by atoms with Gasteiger partial charge in [-0.15, -0.1) is 0 Å². The van der Waals surface area contributed by atoms with Gasteiger partial charge in [0, 0.05) is 25.7 Å². The third kappa shape index (κ3) is 1.73. The van der Waals surface area contributed by atoms with Gasteiger partial charge in [-0.1, -0.05) is 0 Å². The predicted octanol–water partition coefficient (Wildman–Crippen LogP) is 1.34. The number of allylic oxidation sites excluding steroid dienone is 1. The number of aliphatic imine (C=N–C) groups is 1. The van der Waals surface area contributed by atoms with Crippen molar-refractivity contribution in [1.29, 1.82) is 0 Å². The Labute approximate surface area is 111 Å². The number of ether oxygens (including phenoxy) is 1. The van der Waals surface area contributed by atoms with Gasteiger partial charge in [-0.05, 0) is 19.4 Å². The minimum atomic E-state index is -0.164. The Bertz CT molecular complexity index is 693. The Balaban J connectivity index is 2.99. The zero-order valence-corrected chi connectivity index (χ0v) is 11.7. The zero-order chi connectivity index (χ0) is 14.3. The van der Waals surface area contributed by atoms with E-state index in [1.807, 2.05) is 0 Å². The smallest absolute Gasteiger partial charge is 0.251 e. The highest BCUT2D eigenvalue weighted by Gasteiger charge is 2.32. The molecule has 1 heterocycles. The number of rotatable bonds is 1. The van der Waals surface area contributed by atoms with E-state index in [0.29, 0.717) is 33.9 Å². The van der Waals surface area contributed by atoms with Gasteiger partial charge < -0.3 is 9.30 Å². The number of ketones is 1. The van der Waals surface area contributed by atoms with Crippen LogP contribution in [0.1, 0.15) is 28.5 Å². The van der Waals surface area contributed by atoms with Crippen LogP contribution in [0.25, 0.3) is 5.76 Å². The molecule has 5 heteroatoms. The average Bonchev–Trinajstić information content (AvgIpc) is 2.36. The number of fused-ring (bicyclic) bond motifs is 1. The normalized spacial score (nSPS) is 16.9. The number of aromatic nitrogens is 1. The van der Waals surface area contributed by atoms with Crippen LogP contribution in [0.4, 0.5) is 0 Å². The van der Waals surface area contributed by atoms with Gasteiger partial charge in [0.2, 0.25) is 5.78 Å². The summed E-state index contributed by atoms with van der Waals surface area (Å²) >= 11 is 0. The van der Waals surface area contributed by atoms with Crippen LogP contribution in [0.5, 0.6) is 0 Å². The maximum atomic E-state index is 12.5. The molecule has 0 N–H and O–H groups in total. The van der Waals surface area contributed by atoms with Crippen LogP contribution in [0.3, 0.4) is 0 Å². The molecule has 19 heavy (non-hydrogen) atoms. The molecule has 0 saturated carbocycles. The van der Waals surface area contributed by atoms with Gasteiger partial charge >= 0.3 is 0 Å². The molecule has 0 fully saturated rings. The van der Waals surface area contributed by atoms with Crippen molar-refractivity contribution in [3.63, 3.8) is 0 Å². The molecule has 0 aliphatic heterocycles. The molecule has 1 aliphatic carbocycles. The largest absolute Gasteiger partial charge is 0.494 e. The van der Waals surface area contributed by atoms with E-state index in [-0.39, 0.29) is 11.3 Å². The van der Waals surface area contributed by atoms with Crippen molar-refractivity contribution in [3.05, 3.63) is 38.8 Å². The molecule has 0 bridgehead atoms. The van der Waals surface area contributed by atoms with Gasteiger partial charge in [-0.3, -0.25) is 14.6 Å². The summed E-state index contributed by atoms with van der Waals surface area (Å²) < 4.78 is 6.83. The summed E-state index contributed by atoms with van der Waals surface area (Å²) in [6, 6.07) is 1.46. The Morgan fingerprint density at radius 3 is 2.42 bits per heavy atom. The molecule has 0 radical (unpaired) electrons. The second-order valence-electron chi connectivity index (χ2n) is 4.51. The van der Waals surface area contributed by atoms with Crippen LogP contribution < -0.4 is 5.56 Å². The third-order valence-electron chi connectivity index (χ3n) is 3.42. The Kier molecular flexibility index (Phi) is 3.14. The van der Waals surface area contributed by atoms with Crippen LogP contribution in [-0.2, 0) is 11.8 Å². The van der Waals surface area contributed by atoms with E-state index in [4.69, 9.17) is 4.74 Å². The minimum Gasteiger partial charge on any atom is -0.494 e. The fourth-order valence-electron chi connectivity index (χ4n) is 2.46. The third-order valence-corrected chi connectivity index (χ3v) is 3.42. The van der Waals surface area contributed by atoms with Crippen molar-refractivity contribution in [1.82, 2.24) is 4.57 Å². The monoisotopic (exact) mass is 260 g/mol. The van der Waals surface area contributed by atoms with E-state index >= 15 is 0 Å². The van der Waals surface area contributed by atoms with Crippen LogP contribution in [0, 0.1) is 6.92 Å². The molecule has 0 aromatic carbocycles. The first-order chi connectivity index (χ1) is 8.93. The van der Waals surface area contributed by atoms with Crippen molar-refractivity contribution < 1.29 is 9.53 Å². The van der Waals surface area contributed by atoms with Crippen molar-refractivity contribution in [3.8, 4) is 0 Å². The van der Waals surface area contributed by atoms with E-state index in [2.05, 4.69) is 4.99 Å². The van der Waals surface area contributed by atoms with Gasteiger partial charge in [0.25, 0.3) is 5.56 Å². The molecular formula is C14H16N2O3. The Morgan fingerprint density at radius 1 is 1.26 bits per heavy atom. The average molecular weight is 260 g/mol. The van der Waals surface area contributed by atoms with Crippen LogP contribution >= 0.6 is 0 Å². The van der Waals surface area contributed by atoms with E-state index in [0.717, 1.165) is 0 Å². The van der Waals surface area contributed by atoms with Gasteiger partial charge in [-0.25, -0.2) is 0 Å². The SMILES string of the molecule is CN=C1C(=O)c2c(C)cc(=O)n(C)c2C(OC)=C1C. The second-order valence-corrected chi connectivity index (χ2v) is 4.51. The number of carbonyl (C=O) groups excluding carboxylic acids is 1. The van der Waals surface area contributed by atoms with E-state index in [9.17, 15) is 9.59 Å². The first-order valence-electron chi connectivity index (χ1n) is 5.91. The number of Topliss-reactive ketones (excluding diaryl/α,β-unsaturated/α-hetero) is 1. The molecule has 1 aromatic rings. The topological polar surface area (TPSA) is 60.7 Å². The summed E-state index contributed by atoms with van der Waals surface area (Å²) in [5.41, 5.74) is 2.54. The summed E-state index contributed by atoms with van der Waals surface area (Å²) in [5, 5.41) is 0. The fourth-order valence-corrected chi connectivity index (χ4v) is 2.46. The highest BCUT2D eigenvalue weighted by Crippen LogP contribution is 2.30. The van der Waals surface area contributed by atoms with Crippen molar-refractivity contribution in [2.24, 2.45) is 12.0 Å². The lowest BCUT2D eigenvalue weighted by molar-refractivity contribution is 0.106. The first kappa shape index (κ1) is 13.3. The van der Waals surface area contributed by atoms with Crippen LogP contribution in [0.15, 0.2) is 21.4 Å². The number of carbonyl (C=O) groups is 1. The Hall–Kier alpha value is -2.17. The number of hydrogen-bond acceptors (Lipinski definition) is 4. The van der Waals surface area contributed by atoms with Crippen LogP contribution in [0.2, 0.25) is 0 Å². The van der Waals surface area contributed by atoms with E-state index in [1.54, 1.807) is 27.9 Å². The summed E-state index contributed by atoms with van der Waals surface area (Å²) in [7, 11) is 4.74. The second kappa shape index (κ2) is 4.50. The molecule has 0 unspecified atom stereocenters. The lowest BCUT2D eigenvalue weighted by Gasteiger charge is -2.24. The Morgan fingerprint density at radius 2 is 1.89 bits per heavy atom. The van der Waals surface area contributed by atoms with Crippen molar-refractivity contribution >= 4 is 17.3 Å². The summed E-state index contributed by atoms with van der Waals surface area (Å²) in [6.07, 6.45) is 0. The van der Waals surface area contributed by atoms with Gasteiger partial charge in [0.15, 0.2) is 0 Å². The number of aryl methyl sites for hydroxylation is 1. The molecule has 0 atom stereocenters. The highest BCUT2D eigenvalue weighted by atomic mass is 16.5. The highest BCUT2D eigenvalue weighted by molar-refractivity contribution is 6.54. The molecule has 100 valence electrons. The quantitative estimate of drug-likeness (QED) is 0.765. The predicted molar refractivity (Wildman–Crippen MR) is 73.7 cm³/mol. The molecule has 0 amide bonds. The maximum absolute atomic E-state index is 12.5.